The number of fused-ring (bicyclic) bond motifs is 1. The summed E-state index contributed by atoms with van der Waals surface area (Å²) in [6.07, 6.45) is 4.71. The first kappa shape index (κ1) is 27.5. The fraction of sp³-hybridized carbons (Fsp3) is 0.444. The van der Waals surface area contributed by atoms with Crippen molar-refractivity contribution in [1.82, 2.24) is 5.01 Å². The van der Waals surface area contributed by atoms with Crippen LogP contribution in [0.15, 0.2) is 47.6 Å². The molecule has 9 heteroatoms. The molecule has 0 aromatic heterocycles. The Morgan fingerprint density at radius 1 is 1.17 bits per heavy atom. The number of carbonyl (C=O) groups is 2. The zero-order valence-electron chi connectivity index (χ0n) is 20.6. The van der Waals surface area contributed by atoms with Crippen LogP contribution in [0.25, 0.3) is 0 Å². The molecule has 194 valence electrons. The van der Waals surface area contributed by atoms with Crippen molar-refractivity contribution < 1.29 is 23.8 Å². The molecule has 0 saturated carbocycles. The van der Waals surface area contributed by atoms with Gasteiger partial charge in [0.1, 0.15) is 5.75 Å². The average molecular weight is 516 g/mol. The lowest BCUT2D eigenvalue weighted by molar-refractivity contribution is -0.145. The van der Waals surface area contributed by atoms with Gasteiger partial charge in [-0.2, -0.15) is 5.10 Å². The van der Waals surface area contributed by atoms with Gasteiger partial charge in [-0.1, -0.05) is 25.5 Å². The lowest BCUT2D eigenvalue weighted by Crippen LogP contribution is -2.32. The third-order valence-corrected chi connectivity index (χ3v) is 6.05. The van der Waals surface area contributed by atoms with E-state index in [-0.39, 0.29) is 30.2 Å². The molecule has 1 atom stereocenters. The Morgan fingerprint density at radius 3 is 2.69 bits per heavy atom. The standard InChI is InChI=1S/C27H33N3O5.ClH/c1-2-3-12-34-26(31)16-21-15-23-17-24(8-9-25(23)35-19-21)29-27(32)22-6-4-20(5-7-22)18-28-30-10-13-33-14-11-30;/h4-9,17-18,21H,2-3,10-16,19H2,1H3,(H,29,32);1H. The van der Waals surface area contributed by atoms with Crippen LogP contribution < -0.4 is 10.1 Å². The summed E-state index contributed by atoms with van der Waals surface area (Å²) in [5.41, 5.74) is 3.17. The van der Waals surface area contributed by atoms with E-state index in [0.717, 1.165) is 42.8 Å². The van der Waals surface area contributed by atoms with Crippen LogP contribution in [0.4, 0.5) is 5.69 Å². The summed E-state index contributed by atoms with van der Waals surface area (Å²) < 4.78 is 16.5. The quantitative estimate of drug-likeness (QED) is 0.304. The molecule has 1 saturated heterocycles. The smallest absolute Gasteiger partial charge is 0.306 e. The molecule has 0 aliphatic carbocycles. The Bertz CT molecular complexity index is 1040. The van der Waals surface area contributed by atoms with Crippen LogP contribution in [-0.4, -0.2) is 62.6 Å². The van der Waals surface area contributed by atoms with E-state index in [1.54, 1.807) is 18.3 Å². The molecule has 1 N–H and O–H groups in total. The van der Waals surface area contributed by atoms with Crippen LogP contribution in [0, 0.1) is 5.92 Å². The van der Waals surface area contributed by atoms with E-state index < -0.39 is 0 Å². The summed E-state index contributed by atoms with van der Waals surface area (Å²) in [5.74, 6) is 0.490. The minimum absolute atomic E-state index is 0. The Kier molecular flexibility index (Phi) is 10.6. The highest BCUT2D eigenvalue weighted by Crippen LogP contribution is 2.31. The third kappa shape index (κ3) is 7.96. The monoisotopic (exact) mass is 515 g/mol. The lowest BCUT2D eigenvalue weighted by atomic mass is 9.93. The Morgan fingerprint density at radius 2 is 1.94 bits per heavy atom. The van der Waals surface area contributed by atoms with E-state index in [9.17, 15) is 9.59 Å². The van der Waals surface area contributed by atoms with Crippen molar-refractivity contribution in [3.05, 3.63) is 59.2 Å². The van der Waals surface area contributed by atoms with Gasteiger partial charge in [-0.25, -0.2) is 0 Å². The van der Waals surface area contributed by atoms with E-state index in [0.29, 0.717) is 50.5 Å². The second-order valence-corrected chi connectivity index (χ2v) is 8.87. The van der Waals surface area contributed by atoms with Gasteiger partial charge in [-0.05, 0) is 54.3 Å². The molecular weight excluding hydrogens is 482 g/mol. The number of esters is 1. The number of nitrogens with zero attached hydrogens (tertiary/aromatic N) is 2. The van der Waals surface area contributed by atoms with Gasteiger partial charge in [-0.15, -0.1) is 12.4 Å². The number of amides is 1. The van der Waals surface area contributed by atoms with Gasteiger partial charge in [0.15, 0.2) is 0 Å². The number of anilines is 1. The molecule has 0 radical (unpaired) electrons. The molecule has 36 heavy (non-hydrogen) atoms. The molecule has 2 aliphatic heterocycles. The molecule has 8 nitrogen and oxygen atoms in total. The van der Waals surface area contributed by atoms with Crippen LogP contribution in [0.5, 0.6) is 5.75 Å². The van der Waals surface area contributed by atoms with Gasteiger partial charge in [0.05, 0.1) is 52.2 Å². The minimum Gasteiger partial charge on any atom is -0.493 e. The van der Waals surface area contributed by atoms with Crippen LogP contribution in [0.3, 0.4) is 0 Å². The number of benzene rings is 2. The highest BCUT2D eigenvalue weighted by molar-refractivity contribution is 6.04. The van der Waals surface area contributed by atoms with Gasteiger partial charge in [0.2, 0.25) is 0 Å². The van der Waals surface area contributed by atoms with Crippen molar-refractivity contribution >= 4 is 36.2 Å². The number of morpholine rings is 1. The van der Waals surface area contributed by atoms with Crippen molar-refractivity contribution in [2.75, 3.05) is 44.8 Å². The number of hydrogen-bond acceptors (Lipinski definition) is 7. The van der Waals surface area contributed by atoms with Gasteiger partial charge >= 0.3 is 5.97 Å². The van der Waals surface area contributed by atoms with Crippen LogP contribution >= 0.6 is 12.4 Å². The topological polar surface area (TPSA) is 89.5 Å². The predicted octanol–water partition coefficient (Wildman–Crippen LogP) is 4.31. The summed E-state index contributed by atoms with van der Waals surface area (Å²) in [7, 11) is 0. The van der Waals surface area contributed by atoms with E-state index >= 15 is 0 Å². The number of halogens is 1. The number of hydrazone groups is 1. The van der Waals surface area contributed by atoms with E-state index in [1.807, 2.05) is 35.3 Å². The molecular formula is C27H34ClN3O5. The fourth-order valence-corrected chi connectivity index (χ4v) is 4.03. The van der Waals surface area contributed by atoms with E-state index in [2.05, 4.69) is 17.3 Å². The normalized spacial score (nSPS) is 17.0. The molecule has 0 spiro atoms. The summed E-state index contributed by atoms with van der Waals surface area (Å²) >= 11 is 0. The van der Waals surface area contributed by atoms with Crippen molar-refractivity contribution in [2.45, 2.75) is 32.6 Å². The Labute approximate surface area is 218 Å². The number of carbonyl (C=O) groups excluding carboxylic acids is 2. The molecule has 0 bridgehead atoms. The van der Waals surface area contributed by atoms with Gasteiger partial charge in [-0.3, -0.25) is 14.6 Å². The number of rotatable bonds is 9. The first-order valence-electron chi connectivity index (χ1n) is 12.3. The van der Waals surface area contributed by atoms with E-state index in [1.165, 1.54) is 0 Å². The van der Waals surface area contributed by atoms with Gasteiger partial charge in [0, 0.05) is 17.2 Å². The number of nitrogens with one attached hydrogen (secondary N) is 1. The lowest BCUT2D eigenvalue weighted by Gasteiger charge is -2.25. The average Bonchev–Trinajstić information content (AvgIpc) is 2.88. The molecule has 1 unspecified atom stereocenters. The summed E-state index contributed by atoms with van der Waals surface area (Å²) in [6, 6.07) is 13.0. The first-order valence-corrected chi connectivity index (χ1v) is 12.3. The van der Waals surface area contributed by atoms with Crippen molar-refractivity contribution in [3.8, 4) is 5.75 Å². The van der Waals surface area contributed by atoms with Crippen LogP contribution in [-0.2, 0) is 20.7 Å². The largest absolute Gasteiger partial charge is 0.493 e. The Balaban J connectivity index is 0.00000361. The zero-order valence-corrected chi connectivity index (χ0v) is 21.4. The maximum Gasteiger partial charge on any atom is 0.306 e. The highest BCUT2D eigenvalue weighted by atomic mass is 35.5. The predicted molar refractivity (Wildman–Crippen MR) is 141 cm³/mol. The van der Waals surface area contributed by atoms with Gasteiger partial charge in [0.25, 0.3) is 5.91 Å². The molecule has 4 rings (SSSR count). The molecule has 2 heterocycles. The fourth-order valence-electron chi connectivity index (χ4n) is 4.03. The van der Waals surface area contributed by atoms with Crippen LogP contribution in [0.1, 0.15) is 47.7 Å². The number of unbranched alkanes of at least 4 members (excludes halogenated alkanes) is 1. The Hall–Kier alpha value is -3.10. The van der Waals surface area contributed by atoms with E-state index in [4.69, 9.17) is 14.2 Å². The molecule has 2 aromatic rings. The van der Waals surface area contributed by atoms with Crippen molar-refractivity contribution in [3.63, 3.8) is 0 Å². The second-order valence-electron chi connectivity index (χ2n) is 8.87. The highest BCUT2D eigenvalue weighted by Gasteiger charge is 2.23. The summed E-state index contributed by atoms with van der Waals surface area (Å²) in [4.78, 5) is 24.8. The van der Waals surface area contributed by atoms with Crippen LogP contribution in [0.2, 0.25) is 0 Å². The zero-order chi connectivity index (χ0) is 24.5. The molecule has 1 fully saturated rings. The third-order valence-electron chi connectivity index (χ3n) is 6.05. The second kappa shape index (κ2) is 13.8. The molecule has 2 aliphatic rings. The molecule has 2 aromatic carbocycles. The summed E-state index contributed by atoms with van der Waals surface area (Å²) in [5, 5.41) is 9.40. The maximum absolute atomic E-state index is 12.8. The summed E-state index contributed by atoms with van der Waals surface area (Å²) in [6.45, 7) is 5.97. The SMILES string of the molecule is CCCCOC(=O)CC1COc2ccc(NC(=O)c3ccc(C=NN4CCOCC4)cc3)cc2C1.Cl. The number of hydrogen-bond donors (Lipinski definition) is 1. The first-order chi connectivity index (χ1) is 17.1. The number of ether oxygens (including phenoxy) is 3. The minimum atomic E-state index is -0.186. The van der Waals surface area contributed by atoms with Gasteiger partial charge < -0.3 is 19.5 Å². The molecule has 1 amide bonds. The van der Waals surface area contributed by atoms with Crippen molar-refractivity contribution in [1.29, 1.82) is 0 Å². The maximum atomic E-state index is 12.8. The van der Waals surface area contributed by atoms with Crippen molar-refractivity contribution in [2.24, 2.45) is 11.0 Å².